The second-order valence-corrected chi connectivity index (χ2v) is 6.31. The third-order valence-corrected chi connectivity index (χ3v) is 4.21. The van der Waals surface area contributed by atoms with Gasteiger partial charge in [-0.15, -0.1) is 0 Å². The van der Waals surface area contributed by atoms with Crippen LogP contribution >= 0.6 is 31.9 Å². The van der Waals surface area contributed by atoms with E-state index in [0.29, 0.717) is 23.7 Å². The summed E-state index contributed by atoms with van der Waals surface area (Å²) in [5.41, 5.74) is 1.66. The molecule has 0 aliphatic rings. The molecule has 2 rings (SSSR count). The number of nitrogens with zero attached hydrogens (tertiary/aromatic N) is 1. The zero-order chi connectivity index (χ0) is 16.8. The molecule has 0 saturated heterocycles. The van der Waals surface area contributed by atoms with E-state index in [0.717, 1.165) is 20.7 Å². The highest BCUT2D eigenvalue weighted by atomic mass is 79.9. The second-order valence-electron chi connectivity index (χ2n) is 4.54. The third-order valence-electron chi connectivity index (χ3n) is 2.97. The van der Waals surface area contributed by atoms with Crippen LogP contribution in [0.4, 0.5) is 0 Å². The summed E-state index contributed by atoms with van der Waals surface area (Å²) in [4.78, 5) is 9.85. The van der Waals surface area contributed by atoms with Crippen molar-refractivity contribution in [3.8, 4) is 11.5 Å². The van der Waals surface area contributed by atoms with Crippen molar-refractivity contribution in [2.24, 2.45) is 0 Å². The van der Waals surface area contributed by atoms with Crippen molar-refractivity contribution in [1.29, 1.82) is 0 Å². The maximum atomic E-state index is 10.4. The van der Waals surface area contributed by atoms with Crippen molar-refractivity contribution >= 4 is 37.9 Å². The molecule has 0 saturated carbocycles. The first-order valence-electron chi connectivity index (χ1n) is 6.56. The summed E-state index contributed by atoms with van der Waals surface area (Å²) >= 11 is 6.89. The van der Waals surface area contributed by atoms with Gasteiger partial charge in [0, 0.05) is 20.6 Å². The van der Waals surface area contributed by atoms with Gasteiger partial charge in [0.1, 0.15) is 6.61 Å². The van der Waals surface area contributed by atoms with Crippen LogP contribution in [0.3, 0.4) is 0 Å². The Balaban J connectivity index is 2.14. The maximum Gasteiger partial charge on any atom is 0.235 e. The summed E-state index contributed by atoms with van der Waals surface area (Å²) in [6.45, 7) is 0.369. The van der Waals surface area contributed by atoms with E-state index in [4.69, 9.17) is 9.47 Å². The normalized spacial score (nSPS) is 10.7. The molecule has 0 aliphatic heterocycles. The molecule has 0 aliphatic carbocycles. The average molecular weight is 443 g/mol. The van der Waals surface area contributed by atoms with Crippen molar-refractivity contribution in [2.45, 2.75) is 6.61 Å². The first-order chi connectivity index (χ1) is 11.0. The predicted molar refractivity (Wildman–Crippen MR) is 95.2 cm³/mol. The van der Waals surface area contributed by atoms with Gasteiger partial charge in [0.25, 0.3) is 0 Å². The number of nitro groups is 1. The van der Waals surface area contributed by atoms with Crippen LogP contribution in [0.25, 0.3) is 6.08 Å². The van der Waals surface area contributed by atoms with Crippen LogP contribution in [0.5, 0.6) is 11.5 Å². The zero-order valence-corrected chi connectivity index (χ0v) is 15.3. The molecule has 7 heteroatoms. The van der Waals surface area contributed by atoms with Crippen LogP contribution in [0, 0.1) is 10.1 Å². The molecule has 23 heavy (non-hydrogen) atoms. The number of halogens is 2. The van der Waals surface area contributed by atoms with Gasteiger partial charge in [-0.2, -0.15) is 0 Å². The van der Waals surface area contributed by atoms with Crippen LogP contribution in [0.1, 0.15) is 11.1 Å². The summed E-state index contributed by atoms with van der Waals surface area (Å²) in [6.07, 6.45) is 2.28. The van der Waals surface area contributed by atoms with Crippen LogP contribution in [-0.4, -0.2) is 12.0 Å². The average Bonchev–Trinajstić information content (AvgIpc) is 2.52. The number of methoxy groups -OCH3 is 1. The second kappa shape index (κ2) is 8.12. The highest BCUT2D eigenvalue weighted by Gasteiger charge is 2.07. The Labute approximate surface area is 150 Å². The quantitative estimate of drug-likeness (QED) is 0.464. The number of hydrogen-bond acceptors (Lipinski definition) is 4. The predicted octanol–water partition coefficient (Wildman–Crippen LogP) is 5.05. The Morgan fingerprint density at radius 1 is 1.17 bits per heavy atom. The molecule has 120 valence electrons. The molecule has 0 bridgehead atoms. The topological polar surface area (TPSA) is 61.6 Å². The number of benzene rings is 2. The summed E-state index contributed by atoms with van der Waals surface area (Å²) < 4.78 is 13.0. The van der Waals surface area contributed by atoms with E-state index in [1.165, 1.54) is 13.2 Å². The van der Waals surface area contributed by atoms with Crippen LogP contribution in [-0.2, 0) is 6.61 Å². The molecule has 0 N–H and O–H groups in total. The van der Waals surface area contributed by atoms with Crippen molar-refractivity contribution < 1.29 is 14.4 Å². The number of ether oxygens (including phenoxy) is 2. The van der Waals surface area contributed by atoms with Gasteiger partial charge in [-0.1, -0.05) is 44.0 Å². The lowest BCUT2D eigenvalue weighted by Gasteiger charge is -2.12. The Morgan fingerprint density at radius 3 is 2.61 bits per heavy atom. The van der Waals surface area contributed by atoms with Gasteiger partial charge < -0.3 is 9.47 Å². The lowest BCUT2D eigenvalue weighted by molar-refractivity contribution is -0.400. The van der Waals surface area contributed by atoms with Crippen LogP contribution < -0.4 is 9.47 Å². The molecule has 0 unspecified atom stereocenters. The fourth-order valence-corrected chi connectivity index (χ4v) is 3.01. The highest BCUT2D eigenvalue weighted by molar-refractivity contribution is 9.11. The minimum Gasteiger partial charge on any atom is -0.493 e. The van der Waals surface area contributed by atoms with Crippen molar-refractivity contribution in [3.63, 3.8) is 0 Å². The van der Waals surface area contributed by atoms with E-state index in [2.05, 4.69) is 31.9 Å². The highest BCUT2D eigenvalue weighted by Crippen LogP contribution is 2.30. The minimum absolute atomic E-state index is 0.369. The molecular weight excluding hydrogens is 430 g/mol. The summed E-state index contributed by atoms with van der Waals surface area (Å²) in [6, 6.07) is 11.0. The van der Waals surface area contributed by atoms with E-state index in [-0.39, 0.29) is 0 Å². The molecule has 2 aromatic rings. The largest absolute Gasteiger partial charge is 0.493 e. The molecule has 0 heterocycles. The van der Waals surface area contributed by atoms with Gasteiger partial charge in [-0.25, -0.2) is 0 Å². The lowest BCUT2D eigenvalue weighted by Crippen LogP contribution is -1.99. The number of rotatable bonds is 6. The maximum absolute atomic E-state index is 10.4. The van der Waals surface area contributed by atoms with E-state index in [9.17, 15) is 10.1 Å². The lowest BCUT2D eigenvalue weighted by atomic mass is 10.2. The molecule has 0 fully saturated rings. The van der Waals surface area contributed by atoms with E-state index in [1.54, 1.807) is 18.2 Å². The van der Waals surface area contributed by atoms with E-state index in [1.807, 2.05) is 18.2 Å². The summed E-state index contributed by atoms with van der Waals surface area (Å²) in [7, 11) is 1.53. The van der Waals surface area contributed by atoms with Crippen LogP contribution in [0.15, 0.2) is 51.5 Å². The fraction of sp³-hybridized carbons (Fsp3) is 0.125. The zero-order valence-electron chi connectivity index (χ0n) is 12.2. The molecule has 0 aromatic heterocycles. The Morgan fingerprint density at radius 2 is 1.96 bits per heavy atom. The summed E-state index contributed by atoms with van der Waals surface area (Å²) in [5.74, 6) is 1.09. The van der Waals surface area contributed by atoms with Gasteiger partial charge in [-0.3, -0.25) is 10.1 Å². The molecule has 0 spiro atoms. The molecule has 0 amide bonds. The first kappa shape index (κ1) is 17.5. The van der Waals surface area contributed by atoms with Crippen LogP contribution in [0.2, 0.25) is 0 Å². The Hall–Kier alpha value is -1.86. The van der Waals surface area contributed by atoms with Gasteiger partial charge in [0.2, 0.25) is 6.20 Å². The third kappa shape index (κ3) is 5.07. The standard InChI is InChI=1S/C16H13Br2NO4/c1-22-16-8-11(6-7-19(20)21)2-5-15(16)23-10-12-3-4-13(17)9-14(12)18/h2-9H,10H2,1H3/b7-6+. The summed E-state index contributed by atoms with van der Waals surface area (Å²) in [5, 5.41) is 10.4. The first-order valence-corrected chi connectivity index (χ1v) is 8.14. The van der Waals surface area contributed by atoms with Crippen molar-refractivity contribution in [1.82, 2.24) is 0 Å². The van der Waals surface area contributed by atoms with Crippen molar-refractivity contribution in [3.05, 3.63) is 72.8 Å². The Bertz CT molecular complexity index is 747. The Kier molecular flexibility index (Phi) is 6.18. The van der Waals surface area contributed by atoms with Gasteiger partial charge in [0.05, 0.1) is 12.0 Å². The number of hydrogen-bond donors (Lipinski definition) is 0. The smallest absolute Gasteiger partial charge is 0.235 e. The van der Waals surface area contributed by atoms with E-state index < -0.39 is 4.92 Å². The molecule has 0 atom stereocenters. The molecule has 2 aromatic carbocycles. The van der Waals surface area contributed by atoms with Gasteiger partial charge in [-0.05, 0) is 29.8 Å². The molecular formula is C16H13Br2NO4. The molecule has 0 radical (unpaired) electrons. The molecule has 5 nitrogen and oxygen atoms in total. The van der Waals surface area contributed by atoms with Crippen molar-refractivity contribution in [2.75, 3.05) is 7.11 Å². The fourth-order valence-electron chi connectivity index (χ4n) is 1.85. The van der Waals surface area contributed by atoms with E-state index >= 15 is 0 Å². The van der Waals surface area contributed by atoms with Gasteiger partial charge >= 0.3 is 0 Å². The monoisotopic (exact) mass is 441 g/mol. The minimum atomic E-state index is -0.512. The SMILES string of the molecule is COc1cc(/C=C/[N+](=O)[O-])ccc1OCc1ccc(Br)cc1Br. The van der Waals surface area contributed by atoms with Gasteiger partial charge in [0.15, 0.2) is 11.5 Å².